The summed E-state index contributed by atoms with van der Waals surface area (Å²) in [4.78, 5) is 8.90. The number of aryl methyl sites for hydroxylation is 1. The van der Waals surface area contributed by atoms with E-state index in [4.69, 9.17) is 10.5 Å². The predicted molar refractivity (Wildman–Crippen MR) is 105 cm³/mol. The number of benzene rings is 2. The molecule has 26 heavy (non-hydrogen) atoms. The maximum atomic E-state index is 6.02. The Balaban J connectivity index is 1.87. The fraction of sp³-hybridized carbons (Fsp3) is 0.143. The van der Waals surface area contributed by atoms with E-state index in [0.717, 1.165) is 40.2 Å². The molecular weight excluding hydrogens is 324 g/mol. The van der Waals surface area contributed by atoms with Crippen LogP contribution in [0.25, 0.3) is 33.4 Å². The molecule has 0 radical (unpaired) electrons. The van der Waals surface area contributed by atoms with E-state index < -0.39 is 0 Å². The summed E-state index contributed by atoms with van der Waals surface area (Å²) < 4.78 is 7.44. The third kappa shape index (κ3) is 2.77. The van der Waals surface area contributed by atoms with Gasteiger partial charge in [-0.05, 0) is 43.3 Å². The average molecular weight is 344 g/mol. The number of fused-ring (bicyclic) bond motifs is 1. The second-order valence-corrected chi connectivity index (χ2v) is 6.07. The molecule has 0 atom stereocenters. The molecule has 0 fully saturated rings. The number of para-hydroxylation sites is 1. The Labute approximate surface area is 152 Å². The summed E-state index contributed by atoms with van der Waals surface area (Å²) in [6.07, 6.45) is 2.13. The number of nitrogen functional groups attached to an aromatic ring is 1. The molecule has 0 bridgehead atoms. The van der Waals surface area contributed by atoms with E-state index >= 15 is 0 Å². The largest absolute Gasteiger partial charge is 0.497 e. The summed E-state index contributed by atoms with van der Waals surface area (Å²) in [6, 6.07) is 18.1. The number of hydrogen-bond donors (Lipinski definition) is 1. The van der Waals surface area contributed by atoms with Crippen LogP contribution in [-0.2, 0) is 6.54 Å². The minimum Gasteiger partial charge on any atom is -0.497 e. The normalized spacial score (nSPS) is 11.0. The molecule has 0 saturated carbocycles. The van der Waals surface area contributed by atoms with Crippen molar-refractivity contribution in [2.45, 2.75) is 13.5 Å². The molecule has 2 aromatic heterocycles. The fourth-order valence-electron chi connectivity index (χ4n) is 3.23. The molecule has 2 heterocycles. The molecule has 4 aromatic rings. The van der Waals surface area contributed by atoms with Gasteiger partial charge in [-0.15, -0.1) is 0 Å². The first-order chi connectivity index (χ1) is 12.7. The Hall–Kier alpha value is -3.34. The first kappa shape index (κ1) is 16.1. The number of hydrogen-bond acceptors (Lipinski definition) is 4. The van der Waals surface area contributed by atoms with Gasteiger partial charge in [0.1, 0.15) is 5.75 Å². The maximum absolute atomic E-state index is 6.02. The van der Waals surface area contributed by atoms with Crippen LogP contribution >= 0.6 is 0 Å². The number of rotatable bonds is 4. The molecule has 0 aliphatic rings. The Morgan fingerprint density at radius 1 is 1.00 bits per heavy atom. The Morgan fingerprint density at radius 3 is 2.46 bits per heavy atom. The summed E-state index contributed by atoms with van der Waals surface area (Å²) in [7, 11) is 1.65. The first-order valence-electron chi connectivity index (χ1n) is 8.57. The van der Waals surface area contributed by atoms with Crippen LogP contribution in [0.5, 0.6) is 5.75 Å². The number of anilines is 1. The lowest BCUT2D eigenvalue weighted by Crippen LogP contribution is -1.98. The van der Waals surface area contributed by atoms with Crippen LogP contribution in [0, 0.1) is 0 Å². The molecule has 2 aromatic carbocycles. The number of nitrogens with two attached hydrogens (primary N) is 1. The van der Waals surface area contributed by atoms with Gasteiger partial charge in [0.25, 0.3) is 0 Å². The van der Waals surface area contributed by atoms with Crippen molar-refractivity contribution in [1.82, 2.24) is 14.5 Å². The average Bonchev–Trinajstić information content (AvgIpc) is 3.06. The number of nitrogens with zero attached hydrogens (tertiary/aromatic N) is 3. The smallest absolute Gasteiger partial charge is 0.221 e. The van der Waals surface area contributed by atoms with E-state index in [2.05, 4.69) is 45.9 Å². The molecule has 0 aliphatic heterocycles. The van der Waals surface area contributed by atoms with Gasteiger partial charge >= 0.3 is 0 Å². The van der Waals surface area contributed by atoms with Gasteiger partial charge in [-0.3, -0.25) is 0 Å². The number of methoxy groups -OCH3 is 1. The zero-order chi connectivity index (χ0) is 18.1. The van der Waals surface area contributed by atoms with Crippen LogP contribution in [0.15, 0.2) is 60.8 Å². The van der Waals surface area contributed by atoms with Gasteiger partial charge in [-0.1, -0.05) is 18.2 Å². The summed E-state index contributed by atoms with van der Waals surface area (Å²) >= 11 is 0. The van der Waals surface area contributed by atoms with Crippen LogP contribution in [0.4, 0.5) is 5.95 Å². The minimum absolute atomic E-state index is 0.265. The standard InChI is InChI=1S/C21H20N4O/c1-3-25-13-17(16-6-4-5-7-20(16)25)19-12-18(23-21(22)24-19)14-8-10-15(26-2)11-9-14/h4-13H,3H2,1-2H3,(H2,22,23,24). The van der Waals surface area contributed by atoms with Crippen molar-refractivity contribution >= 4 is 16.9 Å². The highest BCUT2D eigenvalue weighted by atomic mass is 16.5. The Kier molecular flexibility index (Phi) is 4.05. The third-order valence-corrected chi connectivity index (χ3v) is 4.53. The molecule has 5 nitrogen and oxygen atoms in total. The molecule has 0 saturated heterocycles. The van der Waals surface area contributed by atoms with Crippen molar-refractivity contribution < 1.29 is 4.74 Å². The summed E-state index contributed by atoms with van der Waals surface area (Å²) in [5, 5.41) is 1.16. The zero-order valence-electron chi connectivity index (χ0n) is 14.8. The molecule has 0 unspecified atom stereocenters. The van der Waals surface area contributed by atoms with Crippen molar-refractivity contribution in [2.24, 2.45) is 0 Å². The highest BCUT2D eigenvalue weighted by molar-refractivity contribution is 5.95. The predicted octanol–water partition coefficient (Wildman–Crippen LogP) is 4.38. The fourth-order valence-corrected chi connectivity index (χ4v) is 3.23. The quantitative estimate of drug-likeness (QED) is 0.597. The Bertz CT molecular complexity index is 1070. The van der Waals surface area contributed by atoms with Crippen LogP contribution in [0.3, 0.4) is 0 Å². The van der Waals surface area contributed by atoms with Gasteiger partial charge in [-0.25, -0.2) is 9.97 Å². The van der Waals surface area contributed by atoms with Crippen LogP contribution < -0.4 is 10.5 Å². The lowest BCUT2D eigenvalue weighted by molar-refractivity contribution is 0.415. The molecule has 0 aliphatic carbocycles. The minimum atomic E-state index is 0.265. The van der Waals surface area contributed by atoms with Crippen LogP contribution in [0.2, 0.25) is 0 Å². The van der Waals surface area contributed by atoms with Gasteiger partial charge in [0.05, 0.1) is 18.5 Å². The highest BCUT2D eigenvalue weighted by Crippen LogP contribution is 2.32. The third-order valence-electron chi connectivity index (χ3n) is 4.53. The van der Waals surface area contributed by atoms with Crippen molar-refractivity contribution in [3.05, 3.63) is 60.8 Å². The summed E-state index contributed by atoms with van der Waals surface area (Å²) in [5.41, 5.74) is 10.9. The van der Waals surface area contributed by atoms with Gasteiger partial charge in [0.15, 0.2) is 0 Å². The van der Waals surface area contributed by atoms with E-state index in [-0.39, 0.29) is 5.95 Å². The molecule has 130 valence electrons. The number of ether oxygens (including phenoxy) is 1. The molecule has 0 spiro atoms. The van der Waals surface area contributed by atoms with E-state index in [9.17, 15) is 0 Å². The van der Waals surface area contributed by atoms with Crippen LogP contribution in [-0.4, -0.2) is 21.6 Å². The second-order valence-electron chi connectivity index (χ2n) is 6.07. The number of aromatic nitrogens is 3. The van der Waals surface area contributed by atoms with Crippen molar-refractivity contribution in [3.8, 4) is 28.3 Å². The topological polar surface area (TPSA) is 66.0 Å². The van der Waals surface area contributed by atoms with E-state index in [1.165, 1.54) is 5.52 Å². The van der Waals surface area contributed by atoms with Crippen LogP contribution in [0.1, 0.15) is 6.92 Å². The maximum Gasteiger partial charge on any atom is 0.221 e. The zero-order valence-corrected chi connectivity index (χ0v) is 14.8. The van der Waals surface area contributed by atoms with Crippen molar-refractivity contribution in [2.75, 3.05) is 12.8 Å². The van der Waals surface area contributed by atoms with E-state index in [1.54, 1.807) is 7.11 Å². The van der Waals surface area contributed by atoms with E-state index in [1.807, 2.05) is 36.4 Å². The van der Waals surface area contributed by atoms with Gasteiger partial charge in [0, 0.05) is 34.8 Å². The SMILES string of the molecule is CCn1cc(-c2cc(-c3ccc(OC)cc3)nc(N)n2)c2ccccc21. The highest BCUT2D eigenvalue weighted by Gasteiger charge is 2.13. The van der Waals surface area contributed by atoms with Gasteiger partial charge in [-0.2, -0.15) is 0 Å². The summed E-state index contributed by atoms with van der Waals surface area (Å²) in [6.45, 7) is 3.03. The van der Waals surface area contributed by atoms with Gasteiger partial charge in [0.2, 0.25) is 5.95 Å². The lowest BCUT2D eigenvalue weighted by atomic mass is 10.1. The molecular formula is C21H20N4O. The second kappa shape index (κ2) is 6.52. The summed E-state index contributed by atoms with van der Waals surface area (Å²) in [5.74, 6) is 1.07. The van der Waals surface area contributed by atoms with E-state index in [0.29, 0.717) is 0 Å². The monoisotopic (exact) mass is 344 g/mol. The van der Waals surface area contributed by atoms with Crippen molar-refractivity contribution in [3.63, 3.8) is 0 Å². The molecule has 2 N–H and O–H groups in total. The van der Waals surface area contributed by atoms with Crippen molar-refractivity contribution in [1.29, 1.82) is 0 Å². The molecule has 5 heteroatoms. The first-order valence-corrected chi connectivity index (χ1v) is 8.57. The Morgan fingerprint density at radius 2 is 1.73 bits per heavy atom. The lowest BCUT2D eigenvalue weighted by Gasteiger charge is -2.07. The molecule has 4 rings (SSSR count). The van der Waals surface area contributed by atoms with Gasteiger partial charge < -0.3 is 15.0 Å². The molecule has 0 amide bonds.